The van der Waals surface area contributed by atoms with Gasteiger partial charge in [-0.2, -0.15) is 0 Å². The lowest BCUT2D eigenvalue weighted by Crippen LogP contribution is -2.38. The first kappa shape index (κ1) is 13.6. The Hall–Kier alpha value is -1.42. The molecule has 0 saturated carbocycles. The van der Waals surface area contributed by atoms with E-state index in [4.69, 9.17) is 5.73 Å². The van der Waals surface area contributed by atoms with Gasteiger partial charge in [0, 0.05) is 6.04 Å². The van der Waals surface area contributed by atoms with Crippen molar-refractivity contribution in [3.05, 3.63) is 35.1 Å². The highest BCUT2D eigenvalue weighted by Crippen LogP contribution is 2.17. The molecular formula is C13H19FN2O. The molecule has 1 rings (SSSR count). The van der Waals surface area contributed by atoms with E-state index >= 15 is 0 Å². The molecule has 17 heavy (non-hydrogen) atoms. The highest BCUT2D eigenvalue weighted by molar-refractivity contribution is 5.81. The molecule has 94 valence electrons. The minimum Gasteiger partial charge on any atom is -0.368 e. The number of benzene rings is 1. The van der Waals surface area contributed by atoms with Gasteiger partial charge in [0.25, 0.3) is 0 Å². The minimum absolute atomic E-state index is 0.150. The van der Waals surface area contributed by atoms with Gasteiger partial charge in [0.1, 0.15) is 11.9 Å². The third-order valence-corrected chi connectivity index (χ3v) is 2.88. The van der Waals surface area contributed by atoms with E-state index in [1.54, 1.807) is 19.1 Å². The first-order valence-electron chi connectivity index (χ1n) is 5.77. The lowest BCUT2D eigenvalue weighted by Gasteiger charge is -2.20. The van der Waals surface area contributed by atoms with Crippen LogP contribution in [0.5, 0.6) is 0 Å². The second-order valence-corrected chi connectivity index (χ2v) is 4.32. The van der Waals surface area contributed by atoms with Gasteiger partial charge in [0.15, 0.2) is 0 Å². The van der Waals surface area contributed by atoms with E-state index in [1.807, 2.05) is 13.8 Å². The van der Waals surface area contributed by atoms with Crippen LogP contribution in [0, 0.1) is 12.7 Å². The Kier molecular flexibility index (Phi) is 4.63. The first-order chi connectivity index (χ1) is 7.95. The van der Waals surface area contributed by atoms with E-state index in [9.17, 15) is 9.18 Å². The van der Waals surface area contributed by atoms with E-state index < -0.39 is 11.9 Å². The number of hydrogen-bond donors (Lipinski definition) is 2. The number of amides is 1. The van der Waals surface area contributed by atoms with Crippen molar-refractivity contribution >= 4 is 5.91 Å². The summed E-state index contributed by atoms with van der Waals surface area (Å²) in [7, 11) is 0. The number of primary amides is 1. The van der Waals surface area contributed by atoms with Gasteiger partial charge >= 0.3 is 0 Å². The van der Waals surface area contributed by atoms with Crippen molar-refractivity contribution in [2.24, 2.45) is 5.73 Å². The monoisotopic (exact) mass is 238 g/mol. The van der Waals surface area contributed by atoms with Crippen LogP contribution < -0.4 is 11.1 Å². The maximum Gasteiger partial charge on any atom is 0.239 e. The van der Waals surface area contributed by atoms with Crippen LogP contribution in [0.25, 0.3) is 0 Å². The van der Waals surface area contributed by atoms with Crippen molar-refractivity contribution in [3.63, 3.8) is 0 Å². The summed E-state index contributed by atoms with van der Waals surface area (Å²) in [5.41, 5.74) is 6.46. The summed E-state index contributed by atoms with van der Waals surface area (Å²) < 4.78 is 13.4. The number of carbonyl (C=O) groups excluding carboxylic acids is 1. The molecule has 3 nitrogen and oxygen atoms in total. The zero-order chi connectivity index (χ0) is 13.0. The summed E-state index contributed by atoms with van der Waals surface area (Å²) in [6.45, 7) is 5.65. The van der Waals surface area contributed by atoms with Crippen LogP contribution in [0.2, 0.25) is 0 Å². The maximum absolute atomic E-state index is 13.4. The summed E-state index contributed by atoms with van der Waals surface area (Å²) in [5, 5.41) is 3.09. The molecule has 0 saturated heterocycles. The number of carbonyl (C=O) groups is 1. The van der Waals surface area contributed by atoms with Gasteiger partial charge in [-0.15, -0.1) is 0 Å². The zero-order valence-corrected chi connectivity index (χ0v) is 10.5. The third kappa shape index (κ3) is 3.53. The summed E-state index contributed by atoms with van der Waals surface area (Å²) in [5.74, 6) is -0.812. The summed E-state index contributed by atoms with van der Waals surface area (Å²) in [6.07, 6.45) is 0.873. The van der Waals surface area contributed by atoms with E-state index in [0.29, 0.717) is 11.1 Å². The molecule has 3 N–H and O–H groups in total. The van der Waals surface area contributed by atoms with E-state index in [-0.39, 0.29) is 11.9 Å². The Morgan fingerprint density at radius 3 is 2.65 bits per heavy atom. The van der Waals surface area contributed by atoms with Crippen molar-refractivity contribution < 1.29 is 9.18 Å². The molecule has 0 aromatic heterocycles. The maximum atomic E-state index is 13.4. The largest absolute Gasteiger partial charge is 0.368 e. The number of hydrogen-bond acceptors (Lipinski definition) is 2. The fourth-order valence-electron chi connectivity index (χ4n) is 1.53. The van der Waals surface area contributed by atoms with Crippen LogP contribution in [-0.4, -0.2) is 11.9 Å². The molecule has 0 aliphatic carbocycles. The second kappa shape index (κ2) is 5.77. The normalized spacial score (nSPS) is 14.4. The van der Waals surface area contributed by atoms with Crippen molar-refractivity contribution in [2.75, 3.05) is 0 Å². The molecule has 0 fully saturated rings. The fraction of sp³-hybridized carbons (Fsp3) is 0.462. The van der Waals surface area contributed by atoms with Crippen molar-refractivity contribution in [1.29, 1.82) is 0 Å². The van der Waals surface area contributed by atoms with Crippen molar-refractivity contribution in [3.8, 4) is 0 Å². The average Bonchev–Trinajstić information content (AvgIpc) is 2.29. The third-order valence-electron chi connectivity index (χ3n) is 2.88. The molecule has 1 amide bonds. The van der Waals surface area contributed by atoms with Crippen LogP contribution >= 0.6 is 0 Å². The van der Waals surface area contributed by atoms with Gasteiger partial charge in [0.2, 0.25) is 5.91 Å². The predicted octanol–water partition coefficient (Wildman–Crippen LogP) is 2.05. The Bertz CT molecular complexity index is 406. The molecule has 0 aliphatic heterocycles. The molecule has 0 bridgehead atoms. The van der Waals surface area contributed by atoms with Crippen LogP contribution in [-0.2, 0) is 4.79 Å². The lowest BCUT2D eigenvalue weighted by molar-refractivity contribution is -0.120. The highest BCUT2D eigenvalue weighted by Gasteiger charge is 2.19. The van der Waals surface area contributed by atoms with Crippen LogP contribution in [0.15, 0.2) is 18.2 Å². The number of halogens is 1. The van der Waals surface area contributed by atoms with Gasteiger partial charge in [-0.3, -0.25) is 10.1 Å². The molecule has 4 heteroatoms. The number of aryl methyl sites for hydroxylation is 1. The van der Waals surface area contributed by atoms with Gasteiger partial charge in [-0.1, -0.05) is 19.1 Å². The Morgan fingerprint density at radius 2 is 2.18 bits per heavy atom. The van der Waals surface area contributed by atoms with Crippen molar-refractivity contribution in [2.45, 2.75) is 39.3 Å². The molecule has 1 aromatic carbocycles. The molecular weight excluding hydrogens is 219 g/mol. The molecule has 2 unspecified atom stereocenters. The SMILES string of the molecule is CCC(C)NC(C(N)=O)c1ccc(C)c(F)c1. The van der Waals surface area contributed by atoms with E-state index in [1.165, 1.54) is 6.07 Å². The second-order valence-electron chi connectivity index (χ2n) is 4.32. The number of nitrogens with one attached hydrogen (secondary N) is 1. The fourth-order valence-corrected chi connectivity index (χ4v) is 1.53. The Labute approximate surface area is 101 Å². The van der Waals surface area contributed by atoms with Gasteiger partial charge in [-0.25, -0.2) is 4.39 Å². The molecule has 0 heterocycles. The van der Waals surface area contributed by atoms with Gasteiger partial charge < -0.3 is 5.73 Å². The van der Waals surface area contributed by atoms with Crippen molar-refractivity contribution in [1.82, 2.24) is 5.32 Å². The topological polar surface area (TPSA) is 55.1 Å². The zero-order valence-electron chi connectivity index (χ0n) is 10.5. The number of rotatable bonds is 5. The van der Waals surface area contributed by atoms with E-state index in [2.05, 4.69) is 5.32 Å². The lowest BCUT2D eigenvalue weighted by atomic mass is 10.0. The highest BCUT2D eigenvalue weighted by atomic mass is 19.1. The first-order valence-corrected chi connectivity index (χ1v) is 5.77. The minimum atomic E-state index is -0.639. The van der Waals surface area contributed by atoms with Gasteiger partial charge in [0.05, 0.1) is 0 Å². The average molecular weight is 238 g/mol. The van der Waals surface area contributed by atoms with Crippen LogP contribution in [0.1, 0.15) is 37.4 Å². The molecule has 0 radical (unpaired) electrons. The molecule has 0 aliphatic rings. The Morgan fingerprint density at radius 1 is 1.53 bits per heavy atom. The van der Waals surface area contributed by atoms with Gasteiger partial charge in [-0.05, 0) is 37.5 Å². The summed E-state index contributed by atoms with van der Waals surface area (Å²) in [4.78, 5) is 11.4. The standard InChI is InChI=1S/C13H19FN2O/c1-4-9(3)16-12(13(15)17)10-6-5-8(2)11(14)7-10/h5-7,9,12,16H,4H2,1-3H3,(H2,15,17). The molecule has 0 spiro atoms. The smallest absolute Gasteiger partial charge is 0.239 e. The summed E-state index contributed by atoms with van der Waals surface area (Å²) in [6, 6.07) is 4.25. The van der Waals surface area contributed by atoms with E-state index in [0.717, 1.165) is 6.42 Å². The predicted molar refractivity (Wildman–Crippen MR) is 66.0 cm³/mol. The number of nitrogens with two attached hydrogens (primary N) is 1. The van der Waals surface area contributed by atoms with Crippen LogP contribution in [0.4, 0.5) is 4.39 Å². The summed E-state index contributed by atoms with van der Waals surface area (Å²) >= 11 is 0. The molecule has 1 aromatic rings. The van der Waals surface area contributed by atoms with Crippen LogP contribution in [0.3, 0.4) is 0 Å². The quantitative estimate of drug-likeness (QED) is 0.825. The Balaban J connectivity index is 2.97. The molecule has 2 atom stereocenters.